The van der Waals surface area contributed by atoms with Gasteiger partial charge < -0.3 is 19.7 Å². The second-order valence-corrected chi connectivity index (χ2v) is 5.81. The lowest BCUT2D eigenvalue weighted by Gasteiger charge is -2.22. The number of benzene rings is 1. The maximum absolute atomic E-state index is 12.6. The Balaban J connectivity index is 1.99. The van der Waals surface area contributed by atoms with Crippen LogP contribution in [0.15, 0.2) is 30.5 Å². The maximum atomic E-state index is 12.6. The van der Waals surface area contributed by atoms with Crippen molar-refractivity contribution in [2.75, 3.05) is 26.6 Å². The highest BCUT2D eigenvalue weighted by Crippen LogP contribution is 2.28. The minimum absolute atomic E-state index is 0.0131. The summed E-state index contributed by atoms with van der Waals surface area (Å²) in [6, 6.07) is 7.13. The van der Waals surface area contributed by atoms with Gasteiger partial charge in [0.05, 0.1) is 14.2 Å². The molecule has 2 rings (SSSR count). The fourth-order valence-electron chi connectivity index (χ4n) is 2.56. The van der Waals surface area contributed by atoms with Crippen molar-refractivity contribution in [1.82, 2.24) is 14.7 Å². The summed E-state index contributed by atoms with van der Waals surface area (Å²) in [4.78, 5) is 14.3. The summed E-state index contributed by atoms with van der Waals surface area (Å²) in [5, 5.41) is 7.48. The maximum Gasteiger partial charge on any atom is 0.244 e. The van der Waals surface area contributed by atoms with Crippen LogP contribution < -0.4 is 14.8 Å². The summed E-state index contributed by atoms with van der Waals surface area (Å²) >= 11 is 0. The number of nitrogens with one attached hydrogen (secondary N) is 1. The summed E-state index contributed by atoms with van der Waals surface area (Å²) in [5.74, 6) is 2.00. The number of ether oxygens (including phenoxy) is 2. The van der Waals surface area contributed by atoms with Crippen LogP contribution in [0.25, 0.3) is 0 Å². The van der Waals surface area contributed by atoms with Crippen molar-refractivity contribution in [2.24, 2.45) is 0 Å². The fraction of sp³-hybridized carbons (Fsp3) is 0.444. The lowest BCUT2D eigenvalue weighted by atomic mass is 10.1. The van der Waals surface area contributed by atoms with Crippen molar-refractivity contribution in [3.8, 4) is 11.5 Å². The molecule has 1 heterocycles. The third kappa shape index (κ3) is 4.65. The lowest BCUT2D eigenvalue weighted by molar-refractivity contribution is -0.130. The van der Waals surface area contributed by atoms with Gasteiger partial charge >= 0.3 is 0 Å². The summed E-state index contributed by atoms with van der Waals surface area (Å²) < 4.78 is 12.4. The molecule has 136 valence electrons. The van der Waals surface area contributed by atoms with Gasteiger partial charge in [0.25, 0.3) is 0 Å². The first-order chi connectivity index (χ1) is 12.0. The molecule has 1 N–H and O–H groups in total. The normalized spacial score (nSPS) is 11.7. The number of aromatic nitrogens is 2. The second kappa shape index (κ2) is 8.41. The van der Waals surface area contributed by atoms with Gasteiger partial charge in [-0.3, -0.25) is 9.48 Å². The van der Waals surface area contributed by atoms with Gasteiger partial charge in [-0.05, 0) is 31.5 Å². The summed E-state index contributed by atoms with van der Waals surface area (Å²) in [7, 11) is 4.97. The Bertz CT molecular complexity index is 714. The van der Waals surface area contributed by atoms with Crippen molar-refractivity contribution in [2.45, 2.75) is 33.0 Å². The van der Waals surface area contributed by atoms with Gasteiger partial charge in [-0.2, -0.15) is 5.10 Å². The highest BCUT2D eigenvalue weighted by atomic mass is 16.5. The molecule has 7 nitrogen and oxygen atoms in total. The van der Waals surface area contributed by atoms with E-state index in [9.17, 15) is 4.79 Å². The molecular formula is C18H26N4O3. The van der Waals surface area contributed by atoms with E-state index in [2.05, 4.69) is 10.4 Å². The molecule has 0 bridgehead atoms. The quantitative estimate of drug-likeness (QED) is 0.795. The SMILES string of the molecule is CCn1ccc(NC(C)C(=O)N(C)Cc2ccc(OC)c(OC)c2)n1. The third-order valence-corrected chi connectivity index (χ3v) is 3.94. The topological polar surface area (TPSA) is 68.6 Å². The number of hydrogen-bond donors (Lipinski definition) is 1. The van der Waals surface area contributed by atoms with E-state index in [-0.39, 0.29) is 11.9 Å². The van der Waals surface area contributed by atoms with Crippen LogP contribution in [-0.4, -0.2) is 47.9 Å². The van der Waals surface area contributed by atoms with Crippen LogP contribution in [0.1, 0.15) is 19.4 Å². The van der Waals surface area contributed by atoms with Crippen LogP contribution in [0.5, 0.6) is 11.5 Å². The van der Waals surface area contributed by atoms with Crippen LogP contribution in [0.4, 0.5) is 5.82 Å². The Morgan fingerprint density at radius 3 is 2.60 bits per heavy atom. The third-order valence-electron chi connectivity index (χ3n) is 3.94. The Labute approximate surface area is 148 Å². The zero-order valence-electron chi connectivity index (χ0n) is 15.4. The van der Waals surface area contributed by atoms with E-state index in [0.717, 1.165) is 12.1 Å². The van der Waals surface area contributed by atoms with Crippen molar-refractivity contribution < 1.29 is 14.3 Å². The monoisotopic (exact) mass is 346 g/mol. The molecule has 25 heavy (non-hydrogen) atoms. The summed E-state index contributed by atoms with van der Waals surface area (Å²) in [5.41, 5.74) is 0.968. The zero-order chi connectivity index (χ0) is 18.4. The Morgan fingerprint density at radius 1 is 1.28 bits per heavy atom. The molecule has 1 amide bonds. The summed E-state index contributed by atoms with van der Waals surface area (Å²) in [6.07, 6.45) is 1.88. The van der Waals surface area contributed by atoms with E-state index in [1.165, 1.54) is 0 Å². The standard InChI is InChI=1S/C18H26N4O3/c1-6-22-10-9-17(20-22)19-13(2)18(23)21(3)12-14-7-8-15(24-4)16(11-14)25-5/h7-11,13H,6,12H2,1-5H3,(H,19,20). The highest BCUT2D eigenvalue weighted by molar-refractivity contribution is 5.83. The van der Waals surface area contributed by atoms with Gasteiger partial charge in [0.2, 0.25) is 5.91 Å². The molecule has 0 spiro atoms. The van der Waals surface area contributed by atoms with E-state index >= 15 is 0 Å². The molecule has 0 radical (unpaired) electrons. The molecule has 0 aliphatic heterocycles. The molecule has 2 aromatic rings. The van der Waals surface area contributed by atoms with Crippen molar-refractivity contribution >= 4 is 11.7 Å². The predicted molar refractivity (Wildman–Crippen MR) is 97.0 cm³/mol. The number of methoxy groups -OCH3 is 2. The number of anilines is 1. The Kier molecular flexibility index (Phi) is 6.27. The molecule has 0 aliphatic rings. The Morgan fingerprint density at radius 2 is 2.00 bits per heavy atom. The van der Waals surface area contributed by atoms with Crippen LogP contribution in [0.2, 0.25) is 0 Å². The van der Waals surface area contributed by atoms with Crippen LogP contribution in [0.3, 0.4) is 0 Å². The van der Waals surface area contributed by atoms with Crippen LogP contribution >= 0.6 is 0 Å². The van der Waals surface area contributed by atoms with Crippen molar-refractivity contribution in [1.29, 1.82) is 0 Å². The average Bonchev–Trinajstić information content (AvgIpc) is 3.08. The molecule has 0 saturated heterocycles. The molecule has 0 fully saturated rings. The van der Waals surface area contributed by atoms with Crippen LogP contribution in [0, 0.1) is 0 Å². The number of rotatable bonds is 8. The number of amides is 1. The molecule has 1 aromatic heterocycles. The molecule has 1 unspecified atom stereocenters. The average molecular weight is 346 g/mol. The number of likely N-dealkylation sites (N-methyl/N-ethyl adjacent to an activating group) is 1. The minimum Gasteiger partial charge on any atom is -0.493 e. The molecule has 1 atom stereocenters. The largest absolute Gasteiger partial charge is 0.493 e. The number of aryl methyl sites for hydroxylation is 1. The van der Waals surface area contributed by atoms with Gasteiger partial charge in [0.1, 0.15) is 11.9 Å². The van der Waals surface area contributed by atoms with E-state index in [4.69, 9.17) is 9.47 Å². The van der Waals surface area contributed by atoms with Gasteiger partial charge in [0.15, 0.2) is 11.5 Å². The van der Waals surface area contributed by atoms with E-state index in [1.807, 2.05) is 49.0 Å². The molecule has 0 saturated carbocycles. The van der Waals surface area contributed by atoms with E-state index in [1.54, 1.807) is 26.2 Å². The predicted octanol–water partition coefficient (Wildman–Crippen LogP) is 2.38. The van der Waals surface area contributed by atoms with Crippen LogP contribution in [-0.2, 0) is 17.9 Å². The number of hydrogen-bond acceptors (Lipinski definition) is 5. The van der Waals surface area contributed by atoms with Gasteiger partial charge in [-0.1, -0.05) is 6.07 Å². The van der Waals surface area contributed by atoms with E-state index in [0.29, 0.717) is 23.9 Å². The second-order valence-electron chi connectivity index (χ2n) is 5.81. The first kappa shape index (κ1) is 18.6. The van der Waals surface area contributed by atoms with Gasteiger partial charge in [0, 0.05) is 32.4 Å². The van der Waals surface area contributed by atoms with Gasteiger partial charge in [-0.25, -0.2) is 0 Å². The van der Waals surface area contributed by atoms with Gasteiger partial charge in [-0.15, -0.1) is 0 Å². The first-order valence-corrected chi connectivity index (χ1v) is 8.24. The number of carbonyl (C=O) groups excluding carboxylic acids is 1. The lowest BCUT2D eigenvalue weighted by Crippen LogP contribution is -2.38. The molecule has 7 heteroatoms. The smallest absolute Gasteiger partial charge is 0.244 e. The molecule has 0 aliphatic carbocycles. The number of carbonyl (C=O) groups is 1. The fourth-order valence-corrected chi connectivity index (χ4v) is 2.56. The molecule has 1 aromatic carbocycles. The number of nitrogens with zero attached hydrogens (tertiary/aromatic N) is 3. The van der Waals surface area contributed by atoms with Crippen molar-refractivity contribution in [3.05, 3.63) is 36.0 Å². The van der Waals surface area contributed by atoms with Crippen molar-refractivity contribution in [3.63, 3.8) is 0 Å². The molecular weight excluding hydrogens is 320 g/mol. The summed E-state index contributed by atoms with van der Waals surface area (Å²) in [6.45, 7) is 5.12. The highest BCUT2D eigenvalue weighted by Gasteiger charge is 2.19. The minimum atomic E-state index is -0.370. The van der Waals surface area contributed by atoms with E-state index < -0.39 is 0 Å². The zero-order valence-corrected chi connectivity index (χ0v) is 15.4. The Hall–Kier alpha value is -2.70. The first-order valence-electron chi connectivity index (χ1n) is 8.24.